The van der Waals surface area contributed by atoms with Gasteiger partial charge in [0.1, 0.15) is 4.21 Å². The van der Waals surface area contributed by atoms with E-state index in [2.05, 4.69) is 10.0 Å². The molecule has 1 aliphatic rings. The Kier molecular flexibility index (Phi) is 6.92. The Morgan fingerprint density at radius 1 is 1.10 bits per heavy atom. The van der Waals surface area contributed by atoms with Gasteiger partial charge in [0.05, 0.1) is 5.56 Å². The van der Waals surface area contributed by atoms with Crippen molar-refractivity contribution in [1.29, 1.82) is 0 Å². The summed E-state index contributed by atoms with van der Waals surface area (Å²) in [5, 5.41) is 4.61. The van der Waals surface area contributed by atoms with Crippen LogP contribution in [0.15, 0.2) is 46.0 Å². The summed E-state index contributed by atoms with van der Waals surface area (Å²) in [6.45, 7) is 1.54. The van der Waals surface area contributed by atoms with E-state index >= 15 is 0 Å². The van der Waals surface area contributed by atoms with Gasteiger partial charge in [-0.2, -0.15) is 0 Å². The molecule has 29 heavy (non-hydrogen) atoms. The van der Waals surface area contributed by atoms with E-state index in [1.165, 1.54) is 36.8 Å². The second-order valence-electron chi connectivity index (χ2n) is 7.01. The van der Waals surface area contributed by atoms with E-state index < -0.39 is 22.1 Å². The molecule has 156 valence electrons. The molecule has 1 atom stereocenters. The van der Waals surface area contributed by atoms with E-state index in [-0.39, 0.29) is 21.7 Å². The van der Waals surface area contributed by atoms with E-state index in [9.17, 15) is 18.0 Å². The SMILES string of the molecule is C[C@@H](OC(=O)c1ccc(NS(=O)(=O)c2cccs2)cc1)C(=O)NC1CCCCC1. The van der Waals surface area contributed by atoms with Gasteiger partial charge in [-0.15, -0.1) is 11.3 Å². The zero-order chi connectivity index (χ0) is 20.9. The number of ether oxygens (including phenoxy) is 1. The van der Waals surface area contributed by atoms with Gasteiger partial charge in [-0.25, -0.2) is 13.2 Å². The molecule has 1 aromatic carbocycles. The van der Waals surface area contributed by atoms with Gasteiger partial charge in [-0.3, -0.25) is 9.52 Å². The third-order valence-corrected chi connectivity index (χ3v) is 7.52. The van der Waals surface area contributed by atoms with Crippen molar-refractivity contribution in [2.45, 2.75) is 55.4 Å². The number of hydrogen-bond acceptors (Lipinski definition) is 6. The van der Waals surface area contributed by atoms with Crippen molar-refractivity contribution in [3.8, 4) is 0 Å². The van der Waals surface area contributed by atoms with Crippen molar-refractivity contribution in [1.82, 2.24) is 5.32 Å². The van der Waals surface area contributed by atoms with Crippen molar-refractivity contribution in [2.24, 2.45) is 0 Å². The van der Waals surface area contributed by atoms with E-state index in [0.717, 1.165) is 37.0 Å². The first kappa shape index (κ1) is 21.3. The molecule has 0 bridgehead atoms. The predicted molar refractivity (Wildman–Crippen MR) is 111 cm³/mol. The molecule has 0 radical (unpaired) electrons. The molecule has 1 aliphatic carbocycles. The Bertz CT molecular complexity index is 934. The fourth-order valence-electron chi connectivity index (χ4n) is 3.14. The molecule has 1 amide bonds. The van der Waals surface area contributed by atoms with Gasteiger partial charge < -0.3 is 10.1 Å². The first-order valence-corrected chi connectivity index (χ1v) is 11.9. The average molecular weight is 437 g/mol. The second kappa shape index (κ2) is 9.41. The van der Waals surface area contributed by atoms with Crippen LogP contribution in [0.4, 0.5) is 5.69 Å². The second-order valence-corrected chi connectivity index (χ2v) is 9.86. The number of benzene rings is 1. The summed E-state index contributed by atoms with van der Waals surface area (Å²) >= 11 is 1.12. The maximum absolute atomic E-state index is 12.3. The Balaban J connectivity index is 1.55. The first-order chi connectivity index (χ1) is 13.8. The average Bonchev–Trinajstić information content (AvgIpc) is 3.25. The highest BCUT2D eigenvalue weighted by atomic mass is 32.2. The highest BCUT2D eigenvalue weighted by molar-refractivity contribution is 7.94. The first-order valence-electron chi connectivity index (χ1n) is 9.53. The van der Waals surface area contributed by atoms with Crippen molar-refractivity contribution in [3.63, 3.8) is 0 Å². The molecule has 0 saturated heterocycles. The van der Waals surface area contributed by atoms with Crippen LogP contribution in [-0.2, 0) is 19.6 Å². The van der Waals surface area contributed by atoms with Crippen molar-refractivity contribution >= 4 is 38.9 Å². The number of hydrogen-bond donors (Lipinski definition) is 2. The number of sulfonamides is 1. The molecular weight excluding hydrogens is 412 g/mol. The lowest BCUT2D eigenvalue weighted by Crippen LogP contribution is -2.42. The van der Waals surface area contributed by atoms with E-state index in [4.69, 9.17) is 4.74 Å². The monoisotopic (exact) mass is 436 g/mol. The third kappa shape index (κ3) is 5.80. The normalized spacial score (nSPS) is 16.0. The molecule has 0 aliphatic heterocycles. The van der Waals surface area contributed by atoms with Crippen molar-refractivity contribution < 1.29 is 22.7 Å². The Labute approximate surface area is 174 Å². The minimum Gasteiger partial charge on any atom is -0.449 e. The lowest BCUT2D eigenvalue weighted by Gasteiger charge is -2.24. The number of anilines is 1. The summed E-state index contributed by atoms with van der Waals surface area (Å²) in [5.74, 6) is -0.936. The summed E-state index contributed by atoms with van der Waals surface area (Å²) in [7, 11) is -3.65. The molecule has 2 N–H and O–H groups in total. The lowest BCUT2D eigenvalue weighted by molar-refractivity contribution is -0.130. The van der Waals surface area contributed by atoms with Crippen LogP contribution in [0.5, 0.6) is 0 Å². The fraction of sp³-hybridized carbons (Fsp3) is 0.400. The number of rotatable bonds is 7. The number of nitrogens with one attached hydrogen (secondary N) is 2. The highest BCUT2D eigenvalue weighted by Crippen LogP contribution is 2.21. The van der Waals surface area contributed by atoms with Crippen LogP contribution in [-0.4, -0.2) is 32.4 Å². The zero-order valence-corrected chi connectivity index (χ0v) is 17.7. The minimum absolute atomic E-state index is 0.146. The topological polar surface area (TPSA) is 102 Å². The molecule has 1 heterocycles. The van der Waals surface area contributed by atoms with Gasteiger partial charge in [-0.05, 0) is 55.5 Å². The van der Waals surface area contributed by atoms with Gasteiger partial charge in [0.2, 0.25) is 0 Å². The molecular formula is C20H24N2O5S2. The number of carbonyl (C=O) groups is 2. The number of carbonyl (C=O) groups excluding carboxylic acids is 2. The summed E-state index contributed by atoms with van der Waals surface area (Å²) in [5.41, 5.74) is 0.569. The van der Waals surface area contributed by atoms with E-state index in [1.54, 1.807) is 18.4 Å². The van der Waals surface area contributed by atoms with Crippen LogP contribution < -0.4 is 10.0 Å². The molecule has 0 spiro atoms. The van der Waals surface area contributed by atoms with Crippen molar-refractivity contribution in [2.75, 3.05) is 4.72 Å². The largest absolute Gasteiger partial charge is 0.449 e. The predicted octanol–water partition coefficient (Wildman–Crippen LogP) is 3.54. The van der Waals surface area contributed by atoms with Crippen LogP contribution in [0, 0.1) is 0 Å². The van der Waals surface area contributed by atoms with Crippen LogP contribution >= 0.6 is 11.3 Å². The zero-order valence-electron chi connectivity index (χ0n) is 16.1. The molecule has 9 heteroatoms. The van der Waals surface area contributed by atoms with Crippen LogP contribution in [0.25, 0.3) is 0 Å². The minimum atomic E-state index is -3.65. The van der Waals surface area contributed by atoms with E-state index in [0.29, 0.717) is 5.69 Å². The maximum atomic E-state index is 12.3. The molecule has 3 rings (SSSR count). The van der Waals surface area contributed by atoms with Gasteiger partial charge in [0, 0.05) is 11.7 Å². The molecule has 1 saturated carbocycles. The lowest BCUT2D eigenvalue weighted by atomic mass is 9.95. The van der Waals surface area contributed by atoms with Crippen LogP contribution in [0.3, 0.4) is 0 Å². The molecule has 1 aromatic heterocycles. The maximum Gasteiger partial charge on any atom is 0.338 e. The summed E-state index contributed by atoms with van der Waals surface area (Å²) in [6.07, 6.45) is 4.39. The standard InChI is InChI=1S/C20H24N2O5S2/c1-14(19(23)21-16-6-3-2-4-7-16)27-20(24)15-9-11-17(12-10-15)22-29(25,26)18-8-5-13-28-18/h5,8-14,16,22H,2-4,6-7H2,1H3,(H,21,23)/t14-/m1/s1. The fourth-order valence-corrected chi connectivity index (χ4v) is 5.20. The van der Waals surface area contributed by atoms with Crippen molar-refractivity contribution in [3.05, 3.63) is 47.3 Å². The van der Waals surface area contributed by atoms with E-state index in [1.807, 2.05) is 0 Å². The summed E-state index contributed by atoms with van der Waals surface area (Å²) in [4.78, 5) is 24.5. The number of amides is 1. The third-order valence-electron chi connectivity index (χ3n) is 4.74. The quantitative estimate of drug-likeness (QED) is 0.647. The highest BCUT2D eigenvalue weighted by Gasteiger charge is 2.23. The number of thiophene rings is 1. The number of esters is 1. The summed E-state index contributed by atoms with van der Waals surface area (Å²) in [6, 6.07) is 9.19. The van der Waals surface area contributed by atoms with Gasteiger partial charge >= 0.3 is 5.97 Å². The van der Waals surface area contributed by atoms with Gasteiger partial charge in [0.15, 0.2) is 6.10 Å². The van der Waals surface area contributed by atoms with Gasteiger partial charge in [-0.1, -0.05) is 25.3 Å². The molecule has 7 nitrogen and oxygen atoms in total. The Hall–Kier alpha value is -2.39. The van der Waals surface area contributed by atoms with Crippen LogP contribution in [0.1, 0.15) is 49.4 Å². The van der Waals surface area contributed by atoms with Gasteiger partial charge in [0.25, 0.3) is 15.9 Å². The molecule has 2 aromatic rings. The Morgan fingerprint density at radius 3 is 2.41 bits per heavy atom. The smallest absolute Gasteiger partial charge is 0.338 e. The molecule has 1 fully saturated rings. The van der Waals surface area contributed by atoms with Crippen LogP contribution in [0.2, 0.25) is 0 Å². The molecule has 0 unspecified atom stereocenters. The Morgan fingerprint density at radius 2 is 1.79 bits per heavy atom. The summed E-state index contributed by atoms with van der Waals surface area (Å²) < 4.78 is 32.4.